The van der Waals surface area contributed by atoms with Gasteiger partial charge >= 0.3 is 0 Å². The maximum absolute atomic E-state index is 3.94. The number of nitrogens with zero attached hydrogens (tertiary/aromatic N) is 1. The first-order chi connectivity index (χ1) is 4.47. The molecule has 0 spiro atoms. The van der Waals surface area contributed by atoms with Gasteiger partial charge in [0.05, 0.1) is 6.20 Å². The van der Waals surface area contributed by atoms with Gasteiger partial charge in [0, 0.05) is 30.8 Å². The molecule has 0 unspecified atom stereocenters. The van der Waals surface area contributed by atoms with Crippen LogP contribution in [0.5, 0.6) is 0 Å². The first-order valence-electron chi connectivity index (χ1n) is 3.18. The van der Waals surface area contributed by atoms with Crippen molar-refractivity contribution in [3.63, 3.8) is 0 Å². The van der Waals surface area contributed by atoms with Gasteiger partial charge in [-0.25, -0.2) is 0 Å². The maximum Gasteiger partial charge on any atom is 0.0535 e. The van der Waals surface area contributed by atoms with Crippen LogP contribution in [0.4, 0.5) is 0 Å². The van der Waals surface area contributed by atoms with Crippen LogP contribution in [0.25, 0.3) is 0 Å². The molecule has 0 radical (unpaired) electrons. The Hall–Kier alpha value is -0.250. The predicted molar refractivity (Wildman–Crippen MR) is 48.5 cm³/mol. The topological polar surface area (TPSA) is 40.7 Å². The van der Waals surface area contributed by atoms with E-state index in [9.17, 15) is 0 Å². The fourth-order valence-electron chi connectivity index (χ4n) is 1.14. The highest BCUT2D eigenvalue weighted by Gasteiger charge is 2.08. The van der Waals surface area contributed by atoms with Crippen molar-refractivity contribution in [1.29, 1.82) is 0 Å². The van der Waals surface area contributed by atoms with Crippen LogP contribution in [-0.2, 0) is 13.0 Å². The molecule has 0 fully saturated rings. The van der Waals surface area contributed by atoms with E-state index in [-0.39, 0.29) is 24.8 Å². The second kappa shape index (κ2) is 4.59. The fourth-order valence-corrected chi connectivity index (χ4v) is 1.14. The number of aromatic nitrogens is 2. The molecule has 0 atom stereocenters. The van der Waals surface area contributed by atoms with Crippen LogP contribution in [0.2, 0.25) is 0 Å². The number of aromatic amines is 1. The molecule has 11 heavy (non-hydrogen) atoms. The molecule has 0 saturated heterocycles. The lowest BCUT2D eigenvalue weighted by Crippen LogP contribution is -2.22. The molecule has 2 N–H and O–H groups in total. The first kappa shape index (κ1) is 10.8. The average Bonchev–Trinajstić information content (AvgIpc) is 2.33. The molecule has 5 heteroatoms. The molecule has 2 rings (SSSR count). The van der Waals surface area contributed by atoms with Gasteiger partial charge in [-0.15, -0.1) is 24.8 Å². The molecular weight excluding hydrogens is 185 g/mol. The van der Waals surface area contributed by atoms with Gasteiger partial charge in [-0.3, -0.25) is 5.10 Å². The first-order valence-corrected chi connectivity index (χ1v) is 3.18. The third-order valence-electron chi connectivity index (χ3n) is 1.67. The number of nitrogens with one attached hydrogen (secondary N) is 2. The van der Waals surface area contributed by atoms with Gasteiger partial charge in [-0.1, -0.05) is 0 Å². The zero-order chi connectivity index (χ0) is 6.10. The second-order valence-electron chi connectivity index (χ2n) is 2.30. The average molecular weight is 196 g/mol. The molecule has 64 valence electrons. The second-order valence-corrected chi connectivity index (χ2v) is 2.30. The lowest BCUT2D eigenvalue weighted by Gasteiger charge is -2.10. The van der Waals surface area contributed by atoms with E-state index >= 15 is 0 Å². The standard InChI is InChI=1S/C6H9N3.2ClH/c1-2-7-3-5-4-8-9-6(1)5;;/h4,7H,1-3H2,(H,8,9);2*1H. The van der Waals surface area contributed by atoms with Crippen molar-refractivity contribution in [2.24, 2.45) is 0 Å². The van der Waals surface area contributed by atoms with Crippen LogP contribution in [0.15, 0.2) is 6.20 Å². The lowest BCUT2D eigenvalue weighted by molar-refractivity contribution is 0.637. The van der Waals surface area contributed by atoms with Crippen molar-refractivity contribution in [1.82, 2.24) is 15.5 Å². The number of H-pyrrole nitrogens is 1. The monoisotopic (exact) mass is 195 g/mol. The minimum atomic E-state index is 0. The summed E-state index contributed by atoms with van der Waals surface area (Å²) in [5.41, 5.74) is 2.62. The summed E-state index contributed by atoms with van der Waals surface area (Å²) in [4.78, 5) is 0. The predicted octanol–water partition coefficient (Wildman–Crippen LogP) is 0.899. The summed E-state index contributed by atoms with van der Waals surface area (Å²) in [5.74, 6) is 0. The minimum absolute atomic E-state index is 0. The molecule has 0 saturated carbocycles. The molecule has 0 aromatic carbocycles. The quantitative estimate of drug-likeness (QED) is 0.647. The van der Waals surface area contributed by atoms with Gasteiger partial charge in [-0.05, 0) is 0 Å². The van der Waals surface area contributed by atoms with Crippen LogP contribution in [0, 0.1) is 0 Å². The van der Waals surface area contributed by atoms with Gasteiger partial charge in [0.15, 0.2) is 0 Å². The Morgan fingerprint density at radius 1 is 1.36 bits per heavy atom. The highest BCUT2D eigenvalue weighted by Crippen LogP contribution is 2.07. The highest BCUT2D eigenvalue weighted by atomic mass is 35.5. The lowest BCUT2D eigenvalue weighted by atomic mass is 10.1. The molecule has 2 heterocycles. The number of halogens is 2. The zero-order valence-corrected chi connectivity index (χ0v) is 7.60. The molecular formula is C6H11Cl2N3. The Bertz CT molecular complexity index is 191. The van der Waals surface area contributed by atoms with E-state index in [1.165, 1.54) is 11.3 Å². The summed E-state index contributed by atoms with van der Waals surface area (Å²) in [6.45, 7) is 2.06. The molecule has 0 bridgehead atoms. The normalized spacial score (nSPS) is 14.2. The van der Waals surface area contributed by atoms with Gasteiger partial charge in [0.25, 0.3) is 0 Å². The largest absolute Gasteiger partial charge is 0.312 e. The Morgan fingerprint density at radius 3 is 2.91 bits per heavy atom. The van der Waals surface area contributed by atoms with Crippen molar-refractivity contribution < 1.29 is 0 Å². The van der Waals surface area contributed by atoms with E-state index < -0.39 is 0 Å². The summed E-state index contributed by atoms with van der Waals surface area (Å²) in [7, 11) is 0. The summed E-state index contributed by atoms with van der Waals surface area (Å²) in [6.07, 6.45) is 2.98. The molecule has 1 aromatic heterocycles. The van der Waals surface area contributed by atoms with Crippen LogP contribution in [0.3, 0.4) is 0 Å². The van der Waals surface area contributed by atoms with Gasteiger partial charge in [0.1, 0.15) is 0 Å². The van der Waals surface area contributed by atoms with Crippen LogP contribution in [-0.4, -0.2) is 16.7 Å². The van der Waals surface area contributed by atoms with Crippen molar-refractivity contribution >= 4 is 24.8 Å². The van der Waals surface area contributed by atoms with Crippen LogP contribution in [0.1, 0.15) is 11.3 Å². The van der Waals surface area contributed by atoms with E-state index in [0.29, 0.717) is 0 Å². The SMILES string of the molecule is Cl.Cl.c1n[nH]c2c1CNCC2. The Kier molecular flexibility index (Phi) is 4.49. The molecule has 0 amide bonds. The Balaban J connectivity index is 0.000000500. The summed E-state index contributed by atoms with van der Waals surface area (Å²) in [6, 6.07) is 0. The fraction of sp³-hybridized carbons (Fsp3) is 0.500. The number of rotatable bonds is 0. The minimum Gasteiger partial charge on any atom is -0.312 e. The van der Waals surface area contributed by atoms with E-state index in [2.05, 4.69) is 15.5 Å². The van der Waals surface area contributed by atoms with Crippen molar-refractivity contribution in [3.8, 4) is 0 Å². The molecule has 1 aliphatic heterocycles. The van der Waals surface area contributed by atoms with E-state index in [4.69, 9.17) is 0 Å². The molecule has 1 aromatic rings. The van der Waals surface area contributed by atoms with Gasteiger partial charge in [-0.2, -0.15) is 5.10 Å². The molecule has 3 nitrogen and oxygen atoms in total. The van der Waals surface area contributed by atoms with Crippen molar-refractivity contribution in [2.45, 2.75) is 13.0 Å². The Morgan fingerprint density at radius 2 is 2.18 bits per heavy atom. The van der Waals surface area contributed by atoms with Crippen LogP contribution < -0.4 is 5.32 Å². The van der Waals surface area contributed by atoms with E-state index in [1.54, 1.807) is 0 Å². The summed E-state index contributed by atoms with van der Waals surface area (Å²) < 4.78 is 0. The Labute approximate surface area is 77.8 Å². The van der Waals surface area contributed by atoms with E-state index in [1.807, 2.05) is 6.20 Å². The van der Waals surface area contributed by atoms with Crippen molar-refractivity contribution in [3.05, 3.63) is 17.5 Å². The zero-order valence-electron chi connectivity index (χ0n) is 5.96. The number of hydrogen-bond acceptors (Lipinski definition) is 2. The van der Waals surface area contributed by atoms with E-state index in [0.717, 1.165) is 19.5 Å². The van der Waals surface area contributed by atoms with Gasteiger partial charge < -0.3 is 5.32 Å². The molecule has 0 aliphatic carbocycles. The highest BCUT2D eigenvalue weighted by molar-refractivity contribution is 5.85. The number of hydrogen-bond donors (Lipinski definition) is 2. The maximum atomic E-state index is 3.94. The summed E-state index contributed by atoms with van der Waals surface area (Å²) >= 11 is 0. The smallest absolute Gasteiger partial charge is 0.0535 e. The van der Waals surface area contributed by atoms with Gasteiger partial charge in [0.2, 0.25) is 0 Å². The summed E-state index contributed by atoms with van der Waals surface area (Å²) in [5, 5.41) is 10.2. The van der Waals surface area contributed by atoms with Crippen molar-refractivity contribution in [2.75, 3.05) is 6.54 Å². The molecule has 1 aliphatic rings. The van der Waals surface area contributed by atoms with Crippen LogP contribution >= 0.6 is 24.8 Å². The third-order valence-corrected chi connectivity index (χ3v) is 1.67. The number of fused-ring (bicyclic) bond motifs is 1. The third kappa shape index (κ3) is 2.09.